The van der Waals surface area contributed by atoms with Crippen LogP contribution in [0.3, 0.4) is 0 Å². The molecule has 0 heterocycles. The molecule has 20 heavy (non-hydrogen) atoms. The smallest absolute Gasteiger partial charge is 0.219 e. The molecule has 1 aromatic rings. The molecule has 0 spiro atoms. The highest BCUT2D eigenvalue weighted by Gasteiger charge is 2.21. The van der Waals surface area contributed by atoms with Crippen molar-refractivity contribution in [3.05, 3.63) is 28.8 Å². The van der Waals surface area contributed by atoms with E-state index in [0.717, 1.165) is 22.9 Å². The molecule has 0 aliphatic heterocycles. The van der Waals surface area contributed by atoms with E-state index >= 15 is 0 Å². The third-order valence-electron chi connectivity index (χ3n) is 3.31. The van der Waals surface area contributed by atoms with Crippen molar-refractivity contribution in [1.82, 2.24) is 10.6 Å². The van der Waals surface area contributed by atoms with Gasteiger partial charge in [0.2, 0.25) is 5.91 Å². The Bertz CT molecular complexity index is 461. The van der Waals surface area contributed by atoms with Crippen LogP contribution in [-0.4, -0.2) is 25.6 Å². The molecule has 1 fully saturated rings. The van der Waals surface area contributed by atoms with E-state index in [4.69, 9.17) is 16.3 Å². The van der Waals surface area contributed by atoms with Crippen LogP contribution in [0.4, 0.5) is 0 Å². The first-order valence-electron chi connectivity index (χ1n) is 7.05. The van der Waals surface area contributed by atoms with Gasteiger partial charge in [-0.1, -0.05) is 17.7 Å². The van der Waals surface area contributed by atoms with Gasteiger partial charge in [-0.15, -0.1) is 0 Å². The van der Waals surface area contributed by atoms with E-state index in [1.54, 1.807) is 7.05 Å². The number of rotatable bonds is 8. The number of ether oxygens (including phenoxy) is 1. The lowest BCUT2D eigenvalue weighted by Crippen LogP contribution is -2.18. The average molecular weight is 297 g/mol. The summed E-state index contributed by atoms with van der Waals surface area (Å²) in [7, 11) is 1.64. The van der Waals surface area contributed by atoms with Crippen molar-refractivity contribution in [2.24, 2.45) is 0 Å². The molecule has 1 aliphatic rings. The van der Waals surface area contributed by atoms with Gasteiger partial charge in [0.15, 0.2) is 0 Å². The largest absolute Gasteiger partial charge is 0.493 e. The van der Waals surface area contributed by atoms with Crippen molar-refractivity contribution >= 4 is 17.5 Å². The topological polar surface area (TPSA) is 50.4 Å². The zero-order valence-electron chi connectivity index (χ0n) is 11.7. The van der Waals surface area contributed by atoms with Gasteiger partial charge in [0, 0.05) is 36.6 Å². The molecular weight excluding hydrogens is 276 g/mol. The zero-order chi connectivity index (χ0) is 14.4. The molecule has 0 bridgehead atoms. The molecule has 0 aromatic heterocycles. The van der Waals surface area contributed by atoms with Crippen molar-refractivity contribution in [3.63, 3.8) is 0 Å². The highest BCUT2D eigenvalue weighted by atomic mass is 35.5. The number of amides is 1. The predicted octanol–water partition coefficient (Wildman–Crippen LogP) is 2.50. The lowest BCUT2D eigenvalue weighted by Gasteiger charge is -2.13. The standard InChI is InChI=1S/C15H21ClN2O2/c1-17-15(19)6-3-9-20-14-5-2-4-13(16)12(14)10-18-11-7-8-11/h2,4-5,11,18H,3,6-10H2,1H3,(H,17,19). The number of halogens is 1. The van der Waals surface area contributed by atoms with Crippen LogP contribution in [0.25, 0.3) is 0 Å². The van der Waals surface area contributed by atoms with Gasteiger partial charge >= 0.3 is 0 Å². The van der Waals surface area contributed by atoms with Crippen molar-refractivity contribution in [2.75, 3.05) is 13.7 Å². The predicted molar refractivity (Wildman–Crippen MR) is 80.1 cm³/mol. The monoisotopic (exact) mass is 296 g/mol. The molecular formula is C15H21ClN2O2. The Morgan fingerprint density at radius 1 is 1.45 bits per heavy atom. The molecule has 0 saturated heterocycles. The third kappa shape index (κ3) is 4.69. The van der Waals surface area contributed by atoms with Crippen LogP contribution in [0.2, 0.25) is 5.02 Å². The number of benzene rings is 1. The maximum absolute atomic E-state index is 11.1. The summed E-state index contributed by atoms with van der Waals surface area (Å²) in [6.07, 6.45) is 3.66. The summed E-state index contributed by atoms with van der Waals surface area (Å²) in [6, 6.07) is 6.32. The molecule has 1 aliphatic carbocycles. The van der Waals surface area contributed by atoms with Gasteiger partial charge < -0.3 is 15.4 Å². The Labute approximate surface area is 124 Å². The maximum Gasteiger partial charge on any atom is 0.219 e. The summed E-state index contributed by atoms with van der Waals surface area (Å²) in [5, 5.41) is 6.77. The minimum absolute atomic E-state index is 0.0373. The summed E-state index contributed by atoms with van der Waals surface area (Å²) in [4.78, 5) is 11.1. The molecule has 5 heteroatoms. The van der Waals surface area contributed by atoms with Crippen molar-refractivity contribution in [3.8, 4) is 5.75 Å². The highest BCUT2D eigenvalue weighted by molar-refractivity contribution is 6.31. The van der Waals surface area contributed by atoms with Crippen LogP contribution in [-0.2, 0) is 11.3 Å². The zero-order valence-corrected chi connectivity index (χ0v) is 12.5. The molecule has 2 N–H and O–H groups in total. The normalized spacial score (nSPS) is 14.1. The summed E-state index contributed by atoms with van der Waals surface area (Å²) < 4.78 is 5.76. The van der Waals surface area contributed by atoms with Gasteiger partial charge in [-0.2, -0.15) is 0 Å². The number of hydrogen-bond acceptors (Lipinski definition) is 3. The molecule has 1 saturated carbocycles. The minimum Gasteiger partial charge on any atom is -0.493 e. The highest BCUT2D eigenvalue weighted by Crippen LogP contribution is 2.28. The Morgan fingerprint density at radius 3 is 2.95 bits per heavy atom. The van der Waals surface area contributed by atoms with E-state index < -0.39 is 0 Å². The van der Waals surface area contributed by atoms with Crippen LogP contribution in [0.5, 0.6) is 5.75 Å². The molecule has 4 nitrogen and oxygen atoms in total. The quantitative estimate of drug-likeness (QED) is 0.725. The molecule has 0 atom stereocenters. The fraction of sp³-hybridized carbons (Fsp3) is 0.533. The fourth-order valence-electron chi connectivity index (χ4n) is 1.92. The Hall–Kier alpha value is -1.26. The number of nitrogens with one attached hydrogen (secondary N) is 2. The second-order valence-corrected chi connectivity index (χ2v) is 5.40. The summed E-state index contributed by atoms with van der Waals surface area (Å²) in [5.74, 6) is 0.845. The average Bonchev–Trinajstić information content (AvgIpc) is 3.26. The van der Waals surface area contributed by atoms with Crippen molar-refractivity contribution in [1.29, 1.82) is 0 Å². The molecule has 0 radical (unpaired) electrons. The van der Waals surface area contributed by atoms with Crippen LogP contribution >= 0.6 is 11.6 Å². The summed E-state index contributed by atoms with van der Waals surface area (Å²) in [5.41, 5.74) is 1.00. The second kappa shape index (κ2) is 7.50. The van der Waals surface area contributed by atoms with Crippen LogP contribution in [0, 0.1) is 0 Å². The van der Waals surface area contributed by atoms with Crippen LogP contribution < -0.4 is 15.4 Å². The van der Waals surface area contributed by atoms with Crippen molar-refractivity contribution < 1.29 is 9.53 Å². The number of hydrogen-bond donors (Lipinski definition) is 2. The van der Waals surface area contributed by atoms with E-state index in [9.17, 15) is 4.79 Å². The van der Waals surface area contributed by atoms with Crippen LogP contribution in [0.15, 0.2) is 18.2 Å². The Morgan fingerprint density at radius 2 is 2.25 bits per heavy atom. The second-order valence-electron chi connectivity index (χ2n) is 5.00. The lowest BCUT2D eigenvalue weighted by atomic mass is 10.2. The first-order chi connectivity index (χ1) is 9.70. The van der Waals surface area contributed by atoms with E-state index in [0.29, 0.717) is 25.5 Å². The van der Waals surface area contributed by atoms with Gasteiger partial charge in [-0.05, 0) is 31.4 Å². The maximum atomic E-state index is 11.1. The molecule has 0 unspecified atom stereocenters. The van der Waals surface area contributed by atoms with E-state index in [1.807, 2.05) is 18.2 Å². The van der Waals surface area contributed by atoms with E-state index in [2.05, 4.69) is 10.6 Å². The van der Waals surface area contributed by atoms with Gasteiger partial charge in [0.05, 0.1) is 6.61 Å². The summed E-state index contributed by atoms with van der Waals surface area (Å²) in [6.45, 7) is 1.25. The SMILES string of the molecule is CNC(=O)CCCOc1cccc(Cl)c1CNC1CC1. The Balaban J connectivity index is 1.85. The number of carbonyl (C=O) groups is 1. The Kier molecular flexibility index (Phi) is 5.68. The van der Waals surface area contributed by atoms with Crippen molar-refractivity contribution in [2.45, 2.75) is 38.3 Å². The number of carbonyl (C=O) groups excluding carboxylic acids is 1. The van der Waals surface area contributed by atoms with Gasteiger partial charge in [-0.25, -0.2) is 0 Å². The summed E-state index contributed by atoms with van der Waals surface area (Å²) >= 11 is 6.23. The molecule has 110 valence electrons. The van der Waals surface area contributed by atoms with E-state index in [-0.39, 0.29) is 5.91 Å². The molecule has 1 aromatic carbocycles. The van der Waals surface area contributed by atoms with Crippen LogP contribution in [0.1, 0.15) is 31.2 Å². The fourth-order valence-corrected chi connectivity index (χ4v) is 2.15. The van der Waals surface area contributed by atoms with Gasteiger partial charge in [-0.3, -0.25) is 4.79 Å². The molecule has 1 amide bonds. The molecule has 2 rings (SSSR count). The first kappa shape index (κ1) is 15.1. The van der Waals surface area contributed by atoms with Gasteiger partial charge in [0.1, 0.15) is 5.75 Å². The minimum atomic E-state index is 0.0373. The third-order valence-corrected chi connectivity index (χ3v) is 3.66. The van der Waals surface area contributed by atoms with E-state index in [1.165, 1.54) is 12.8 Å². The van der Waals surface area contributed by atoms with Gasteiger partial charge in [0.25, 0.3) is 0 Å². The lowest BCUT2D eigenvalue weighted by molar-refractivity contribution is -0.120. The first-order valence-corrected chi connectivity index (χ1v) is 7.42.